The van der Waals surface area contributed by atoms with Crippen LogP contribution in [0.15, 0.2) is 60.7 Å². The smallest absolute Gasteiger partial charge is 0.411 e. The van der Waals surface area contributed by atoms with E-state index >= 15 is 0 Å². The number of carbonyl (C=O) groups is 2. The van der Waals surface area contributed by atoms with Gasteiger partial charge in [-0.2, -0.15) is 0 Å². The predicted molar refractivity (Wildman–Crippen MR) is 85.8 cm³/mol. The fraction of sp³-hybridized carbons (Fsp3) is 0.222. The van der Waals surface area contributed by atoms with E-state index in [-0.39, 0.29) is 6.61 Å². The summed E-state index contributed by atoms with van der Waals surface area (Å²) < 4.78 is 5.23. The maximum Gasteiger partial charge on any atom is 0.411 e. The number of benzene rings is 2. The summed E-state index contributed by atoms with van der Waals surface area (Å²) in [4.78, 5) is 25.2. The summed E-state index contributed by atoms with van der Waals surface area (Å²) in [5, 5.41) is 9.64. The predicted octanol–water partition coefficient (Wildman–Crippen LogP) is 3.26. The first kappa shape index (κ1) is 16.5. The molecule has 1 N–H and O–H groups in total. The highest BCUT2D eigenvalue weighted by Crippen LogP contribution is 2.28. The topological polar surface area (TPSA) is 66.8 Å². The van der Waals surface area contributed by atoms with Crippen LogP contribution in [0.3, 0.4) is 0 Å². The second-order valence-electron chi connectivity index (χ2n) is 5.34. The highest BCUT2D eigenvalue weighted by atomic mass is 16.6. The zero-order chi connectivity index (χ0) is 16.9. The Kier molecular flexibility index (Phi) is 5.01. The molecule has 0 aliphatic rings. The van der Waals surface area contributed by atoms with Crippen LogP contribution in [0.1, 0.15) is 18.1 Å². The van der Waals surface area contributed by atoms with E-state index in [4.69, 9.17) is 4.74 Å². The molecule has 2 rings (SSSR count). The summed E-state index contributed by atoms with van der Waals surface area (Å²) in [6.07, 6.45) is -0.692. The van der Waals surface area contributed by atoms with Crippen molar-refractivity contribution in [2.24, 2.45) is 0 Å². The summed E-state index contributed by atoms with van der Waals surface area (Å²) >= 11 is 0. The van der Waals surface area contributed by atoms with Gasteiger partial charge >= 0.3 is 12.1 Å². The van der Waals surface area contributed by atoms with Gasteiger partial charge in [0.2, 0.25) is 0 Å². The monoisotopic (exact) mass is 313 g/mol. The van der Waals surface area contributed by atoms with Crippen LogP contribution in [-0.2, 0) is 21.7 Å². The number of rotatable bonds is 5. The summed E-state index contributed by atoms with van der Waals surface area (Å²) in [7, 11) is 1.43. The van der Waals surface area contributed by atoms with E-state index in [2.05, 4.69) is 0 Å². The van der Waals surface area contributed by atoms with Crippen LogP contribution in [-0.4, -0.2) is 29.1 Å². The molecule has 0 saturated carbocycles. The van der Waals surface area contributed by atoms with Gasteiger partial charge in [-0.25, -0.2) is 9.59 Å². The number of carboxylic acids is 1. The lowest BCUT2D eigenvalue weighted by Crippen LogP contribution is -2.50. The summed E-state index contributed by atoms with van der Waals surface area (Å²) in [6.45, 7) is 1.57. The first-order valence-corrected chi connectivity index (χ1v) is 7.19. The molecule has 0 heterocycles. The fourth-order valence-corrected chi connectivity index (χ4v) is 2.22. The molecule has 0 radical (unpaired) electrons. The highest BCUT2D eigenvalue weighted by Gasteiger charge is 2.42. The first-order chi connectivity index (χ1) is 11.0. The second kappa shape index (κ2) is 6.96. The van der Waals surface area contributed by atoms with Gasteiger partial charge in [0.1, 0.15) is 6.61 Å². The van der Waals surface area contributed by atoms with Crippen molar-refractivity contribution in [3.8, 4) is 0 Å². The molecule has 120 valence electrons. The van der Waals surface area contributed by atoms with Crippen LogP contribution >= 0.6 is 0 Å². The van der Waals surface area contributed by atoms with Gasteiger partial charge in [0.25, 0.3) is 0 Å². The van der Waals surface area contributed by atoms with Gasteiger partial charge in [0.05, 0.1) is 0 Å². The largest absolute Gasteiger partial charge is 0.479 e. The third-order valence-corrected chi connectivity index (χ3v) is 3.90. The molecule has 0 spiro atoms. The maximum atomic E-state index is 12.3. The number of hydrogen-bond donors (Lipinski definition) is 1. The van der Waals surface area contributed by atoms with Crippen molar-refractivity contribution in [1.29, 1.82) is 0 Å². The quantitative estimate of drug-likeness (QED) is 0.920. The van der Waals surface area contributed by atoms with Gasteiger partial charge < -0.3 is 9.84 Å². The zero-order valence-corrected chi connectivity index (χ0v) is 13.1. The Labute approximate surface area is 135 Å². The van der Waals surface area contributed by atoms with E-state index in [1.165, 1.54) is 14.0 Å². The van der Waals surface area contributed by atoms with E-state index in [9.17, 15) is 14.7 Å². The number of nitrogens with zero attached hydrogens (tertiary/aromatic N) is 1. The van der Waals surface area contributed by atoms with Crippen LogP contribution in [0, 0.1) is 0 Å². The van der Waals surface area contributed by atoms with Crippen LogP contribution < -0.4 is 0 Å². The van der Waals surface area contributed by atoms with E-state index in [0.29, 0.717) is 5.56 Å². The molecular formula is C18H19NO4. The van der Waals surface area contributed by atoms with E-state index in [1.807, 2.05) is 30.3 Å². The number of amides is 1. The Morgan fingerprint density at radius 3 is 2.09 bits per heavy atom. The van der Waals surface area contributed by atoms with Crippen molar-refractivity contribution < 1.29 is 19.4 Å². The van der Waals surface area contributed by atoms with Gasteiger partial charge in [0.15, 0.2) is 5.54 Å². The zero-order valence-electron chi connectivity index (χ0n) is 13.1. The molecule has 5 heteroatoms. The molecule has 0 saturated heterocycles. The lowest BCUT2D eigenvalue weighted by atomic mass is 9.91. The highest BCUT2D eigenvalue weighted by molar-refractivity contribution is 5.85. The van der Waals surface area contributed by atoms with Crippen molar-refractivity contribution in [1.82, 2.24) is 4.90 Å². The van der Waals surface area contributed by atoms with Crippen molar-refractivity contribution in [3.05, 3.63) is 71.8 Å². The van der Waals surface area contributed by atoms with Crippen LogP contribution in [0.2, 0.25) is 0 Å². The molecule has 1 amide bonds. The summed E-state index contributed by atoms with van der Waals surface area (Å²) in [6, 6.07) is 17.8. The van der Waals surface area contributed by atoms with Crippen molar-refractivity contribution in [2.75, 3.05) is 7.05 Å². The van der Waals surface area contributed by atoms with E-state index < -0.39 is 17.6 Å². The molecular weight excluding hydrogens is 294 g/mol. The average molecular weight is 313 g/mol. The standard InChI is InChI=1S/C18H19NO4/c1-18(16(20)21,15-11-7-4-8-12-15)19(2)17(22)23-13-14-9-5-3-6-10-14/h3-12H,13H2,1-2H3,(H,20,21). The first-order valence-electron chi connectivity index (χ1n) is 7.19. The van der Waals surface area contributed by atoms with Gasteiger partial charge in [0, 0.05) is 7.05 Å². The van der Waals surface area contributed by atoms with Crippen LogP contribution in [0.4, 0.5) is 4.79 Å². The van der Waals surface area contributed by atoms with Gasteiger partial charge in [-0.05, 0) is 18.1 Å². The van der Waals surface area contributed by atoms with Crippen LogP contribution in [0.5, 0.6) is 0 Å². The molecule has 0 aromatic heterocycles. The average Bonchev–Trinajstić information content (AvgIpc) is 2.59. The molecule has 23 heavy (non-hydrogen) atoms. The molecule has 0 aliphatic carbocycles. The molecule has 1 unspecified atom stereocenters. The number of carboxylic acid groups (broad SMARTS) is 1. The Morgan fingerprint density at radius 1 is 1.04 bits per heavy atom. The van der Waals surface area contributed by atoms with Crippen molar-refractivity contribution in [2.45, 2.75) is 19.1 Å². The Balaban J connectivity index is 2.16. The molecule has 5 nitrogen and oxygen atoms in total. The number of hydrogen-bond acceptors (Lipinski definition) is 3. The number of aliphatic carboxylic acids is 1. The normalized spacial score (nSPS) is 13.0. The maximum absolute atomic E-state index is 12.3. The van der Waals surface area contributed by atoms with E-state index in [1.54, 1.807) is 30.3 Å². The third kappa shape index (κ3) is 3.51. The van der Waals surface area contributed by atoms with Crippen molar-refractivity contribution in [3.63, 3.8) is 0 Å². The molecule has 0 fully saturated rings. The summed E-state index contributed by atoms with van der Waals surface area (Å²) in [5.74, 6) is -1.12. The third-order valence-electron chi connectivity index (χ3n) is 3.90. The molecule has 2 aromatic carbocycles. The SMILES string of the molecule is CN(C(=O)OCc1ccccc1)C(C)(C(=O)O)c1ccccc1. The number of ether oxygens (including phenoxy) is 1. The Morgan fingerprint density at radius 2 is 1.57 bits per heavy atom. The number of carbonyl (C=O) groups excluding carboxylic acids is 1. The Bertz CT molecular complexity index is 672. The summed E-state index contributed by atoms with van der Waals surface area (Å²) in [5.41, 5.74) is -0.160. The van der Waals surface area contributed by atoms with Gasteiger partial charge in [-0.3, -0.25) is 4.90 Å². The number of likely N-dealkylation sites (N-methyl/N-ethyl adjacent to an activating group) is 1. The fourth-order valence-electron chi connectivity index (χ4n) is 2.22. The van der Waals surface area contributed by atoms with Gasteiger partial charge in [-0.15, -0.1) is 0 Å². The minimum Gasteiger partial charge on any atom is -0.479 e. The van der Waals surface area contributed by atoms with Gasteiger partial charge in [-0.1, -0.05) is 60.7 Å². The Hall–Kier alpha value is -2.82. The van der Waals surface area contributed by atoms with Crippen molar-refractivity contribution >= 4 is 12.1 Å². The van der Waals surface area contributed by atoms with E-state index in [0.717, 1.165) is 10.5 Å². The molecule has 0 bridgehead atoms. The minimum atomic E-state index is -1.50. The minimum absolute atomic E-state index is 0.0918. The van der Waals surface area contributed by atoms with Crippen LogP contribution in [0.25, 0.3) is 0 Å². The molecule has 0 aliphatic heterocycles. The second-order valence-corrected chi connectivity index (χ2v) is 5.34. The molecule has 2 aromatic rings. The lowest BCUT2D eigenvalue weighted by Gasteiger charge is -2.34. The lowest BCUT2D eigenvalue weighted by molar-refractivity contribution is -0.149. The molecule has 1 atom stereocenters.